The zero-order chi connectivity index (χ0) is 33.3. The lowest BCUT2D eigenvalue weighted by Gasteiger charge is -2.41. The summed E-state index contributed by atoms with van der Waals surface area (Å²) in [5, 5.41) is 2.46. The van der Waals surface area contributed by atoms with Gasteiger partial charge in [-0.3, -0.25) is 9.78 Å². The van der Waals surface area contributed by atoms with Crippen molar-refractivity contribution in [3.05, 3.63) is 70.7 Å². The molecule has 2 aliphatic heterocycles. The topological polar surface area (TPSA) is 82.3 Å². The number of anilines is 2. The number of hydrogen-bond donors (Lipinski definition) is 0. The van der Waals surface area contributed by atoms with Crippen molar-refractivity contribution < 1.29 is 22.7 Å². The molecule has 3 aliphatic rings. The van der Waals surface area contributed by atoms with Crippen LogP contribution in [0.1, 0.15) is 24.1 Å². The average molecular weight is 669 g/mol. The molecule has 0 N–H and O–H groups in total. The van der Waals surface area contributed by atoms with Crippen LogP contribution in [0.15, 0.2) is 43.0 Å². The molecule has 1 saturated carbocycles. The van der Waals surface area contributed by atoms with E-state index < -0.39 is 23.7 Å². The standard InChI is InChI=1S/C33H36ClF3N8O2/c1-21(35)31(46)45-10-9-44(19-24(45)16-38-2)30-25-7-8-43(28-17-39-15-23-5-4-6-26(34)29(23)28)20-27(25)40-32(41-30)47-12-11-42(3)18-22-13-33(36,37)14-22/h4-6,15,17,22,24H,1,7-14,16,18-20H2,3H3/t24-/m0/s1. The van der Waals surface area contributed by atoms with Crippen LogP contribution in [0.3, 0.4) is 0 Å². The molecule has 1 aromatic carbocycles. The maximum absolute atomic E-state index is 13.8. The van der Waals surface area contributed by atoms with Crippen molar-refractivity contribution in [2.75, 3.05) is 69.3 Å². The Morgan fingerprint density at radius 1 is 1.21 bits per heavy atom. The first-order chi connectivity index (χ1) is 22.5. The van der Waals surface area contributed by atoms with E-state index in [0.717, 1.165) is 27.7 Å². The Bertz CT molecular complexity index is 1710. The Morgan fingerprint density at radius 2 is 2.02 bits per heavy atom. The van der Waals surface area contributed by atoms with Crippen LogP contribution in [-0.4, -0.2) is 102 Å². The molecule has 0 radical (unpaired) electrons. The van der Waals surface area contributed by atoms with Gasteiger partial charge in [-0.1, -0.05) is 30.3 Å². The van der Waals surface area contributed by atoms with Gasteiger partial charge < -0.3 is 29.2 Å². The van der Waals surface area contributed by atoms with Gasteiger partial charge in [-0.25, -0.2) is 19.7 Å². The Balaban J connectivity index is 1.26. The SMILES string of the molecule is [C-]#[N+]C[C@H]1CN(c2nc(OCCN(C)CC3CC(F)(F)C3)nc3c2CCN(c2cncc4cccc(Cl)c24)C3)CCN1C(=O)C(=C)F. The number of benzene rings is 1. The molecular weight excluding hydrogens is 633 g/mol. The van der Waals surface area contributed by atoms with E-state index in [0.29, 0.717) is 50.0 Å². The number of rotatable bonds is 10. The van der Waals surface area contributed by atoms with Crippen LogP contribution >= 0.6 is 11.6 Å². The predicted octanol–water partition coefficient (Wildman–Crippen LogP) is 5.02. The summed E-state index contributed by atoms with van der Waals surface area (Å²) in [5.74, 6) is -3.79. The van der Waals surface area contributed by atoms with Crippen molar-refractivity contribution in [3.8, 4) is 6.01 Å². The Labute approximate surface area is 276 Å². The normalized spacial score (nSPS) is 19.3. The number of amides is 1. The van der Waals surface area contributed by atoms with E-state index in [2.05, 4.69) is 21.3 Å². The molecule has 6 rings (SSSR count). The molecule has 0 bridgehead atoms. The van der Waals surface area contributed by atoms with Crippen LogP contribution in [0.4, 0.5) is 24.7 Å². The van der Waals surface area contributed by atoms with Gasteiger partial charge in [0.25, 0.3) is 5.91 Å². The number of carbonyl (C=O) groups is 1. The van der Waals surface area contributed by atoms with Gasteiger partial charge in [-0.2, -0.15) is 9.97 Å². The van der Waals surface area contributed by atoms with E-state index in [-0.39, 0.29) is 51.0 Å². The lowest BCUT2D eigenvalue weighted by Crippen LogP contribution is -2.57. The summed E-state index contributed by atoms with van der Waals surface area (Å²) < 4.78 is 46.5. The molecule has 1 aliphatic carbocycles. The van der Waals surface area contributed by atoms with Crippen LogP contribution in [0.5, 0.6) is 6.01 Å². The van der Waals surface area contributed by atoms with Gasteiger partial charge in [0.2, 0.25) is 12.5 Å². The number of fused-ring (bicyclic) bond motifs is 2. The number of halogens is 4. The molecule has 1 amide bonds. The molecule has 47 heavy (non-hydrogen) atoms. The van der Waals surface area contributed by atoms with E-state index in [1.165, 1.54) is 4.90 Å². The fourth-order valence-corrected chi connectivity index (χ4v) is 7.08. The Morgan fingerprint density at radius 3 is 2.77 bits per heavy atom. The zero-order valence-corrected chi connectivity index (χ0v) is 26.9. The Hall–Kier alpha value is -4.15. The molecule has 2 fully saturated rings. The molecule has 4 heterocycles. The minimum absolute atomic E-state index is 0.00797. The average Bonchev–Trinajstić information content (AvgIpc) is 3.03. The highest BCUT2D eigenvalue weighted by Gasteiger charge is 2.45. The molecule has 1 atom stereocenters. The van der Waals surface area contributed by atoms with Crippen molar-refractivity contribution in [3.63, 3.8) is 0 Å². The fourth-order valence-electron chi connectivity index (χ4n) is 6.80. The molecule has 248 valence electrons. The zero-order valence-electron chi connectivity index (χ0n) is 26.1. The lowest BCUT2D eigenvalue weighted by atomic mass is 9.81. The number of hydrogen-bond acceptors (Lipinski definition) is 8. The summed E-state index contributed by atoms with van der Waals surface area (Å²) in [5.41, 5.74) is 2.59. The van der Waals surface area contributed by atoms with E-state index in [1.807, 2.05) is 35.0 Å². The number of piperazine rings is 1. The third-order valence-corrected chi connectivity index (χ3v) is 9.42. The minimum Gasteiger partial charge on any atom is -0.462 e. The molecule has 3 aromatic rings. The molecule has 14 heteroatoms. The summed E-state index contributed by atoms with van der Waals surface area (Å²) in [7, 11) is 1.88. The molecule has 2 aromatic heterocycles. The number of nitrogens with zero attached hydrogens (tertiary/aromatic N) is 8. The van der Waals surface area contributed by atoms with Gasteiger partial charge in [0.1, 0.15) is 18.5 Å². The van der Waals surface area contributed by atoms with Crippen molar-refractivity contribution in [2.24, 2.45) is 5.92 Å². The predicted molar refractivity (Wildman–Crippen MR) is 174 cm³/mol. The Kier molecular flexibility index (Phi) is 9.43. The second-order valence-electron chi connectivity index (χ2n) is 12.5. The number of pyridine rings is 1. The van der Waals surface area contributed by atoms with Gasteiger partial charge in [-0.05, 0) is 25.5 Å². The summed E-state index contributed by atoms with van der Waals surface area (Å²) in [6, 6.07) is 5.34. The van der Waals surface area contributed by atoms with Gasteiger partial charge >= 0.3 is 6.01 Å². The van der Waals surface area contributed by atoms with Crippen LogP contribution in [-0.2, 0) is 17.8 Å². The number of alkyl halides is 2. The number of aromatic nitrogens is 3. The summed E-state index contributed by atoms with van der Waals surface area (Å²) in [6.45, 7) is 13.9. The fraction of sp³-hybridized carbons (Fsp3) is 0.485. The van der Waals surface area contributed by atoms with Crippen LogP contribution in [0, 0.1) is 12.5 Å². The highest BCUT2D eigenvalue weighted by atomic mass is 35.5. The quantitative estimate of drug-likeness (QED) is 0.220. The number of ether oxygens (including phenoxy) is 1. The second-order valence-corrected chi connectivity index (χ2v) is 12.9. The molecule has 0 unspecified atom stereocenters. The minimum atomic E-state index is -2.55. The third kappa shape index (κ3) is 7.09. The first-order valence-corrected chi connectivity index (χ1v) is 16.0. The van der Waals surface area contributed by atoms with Gasteiger partial charge in [0.15, 0.2) is 5.83 Å². The summed E-state index contributed by atoms with van der Waals surface area (Å²) >= 11 is 6.64. The largest absolute Gasteiger partial charge is 0.462 e. The number of carbonyl (C=O) groups excluding carboxylic acids is 1. The van der Waals surface area contributed by atoms with E-state index >= 15 is 0 Å². The van der Waals surface area contributed by atoms with Gasteiger partial charge in [-0.15, -0.1) is 0 Å². The van der Waals surface area contributed by atoms with Crippen molar-refractivity contribution in [1.82, 2.24) is 24.8 Å². The van der Waals surface area contributed by atoms with Crippen LogP contribution < -0.4 is 14.5 Å². The highest BCUT2D eigenvalue weighted by molar-refractivity contribution is 6.36. The van der Waals surface area contributed by atoms with Gasteiger partial charge in [0, 0.05) is 74.6 Å². The maximum atomic E-state index is 13.8. The van der Waals surface area contributed by atoms with Gasteiger partial charge in [0.05, 0.1) is 29.1 Å². The van der Waals surface area contributed by atoms with E-state index in [4.69, 9.17) is 32.9 Å². The summed E-state index contributed by atoms with van der Waals surface area (Å²) in [4.78, 5) is 37.7. The molecular formula is C33H36ClF3N8O2. The number of likely N-dealkylation sites (N-methyl/N-ethyl adjacent to an activating group) is 1. The van der Waals surface area contributed by atoms with Crippen molar-refractivity contribution in [1.29, 1.82) is 0 Å². The smallest absolute Gasteiger partial charge is 0.318 e. The summed E-state index contributed by atoms with van der Waals surface area (Å²) in [6.07, 6.45) is 4.02. The lowest BCUT2D eigenvalue weighted by molar-refractivity contribution is -0.131. The van der Waals surface area contributed by atoms with E-state index in [9.17, 15) is 18.0 Å². The van der Waals surface area contributed by atoms with Crippen LogP contribution in [0.25, 0.3) is 15.6 Å². The maximum Gasteiger partial charge on any atom is 0.318 e. The molecule has 10 nitrogen and oxygen atoms in total. The first-order valence-electron chi connectivity index (χ1n) is 15.6. The first kappa shape index (κ1) is 32.8. The van der Waals surface area contributed by atoms with Crippen LogP contribution in [0.2, 0.25) is 5.02 Å². The molecule has 1 saturated heterocycles. The highest BCUT2D eigenvalue weighted by Crippen LogP contribution is 2.42. The van der Waals surface area contributed by atoms with E-state index in [1.54, 1.807) is 12.4 Å². The molecule has 0 spiro atoms. The van der Waals surface area contributed by atoms with Crippen molar-refractivity contribution >= 4 is 39.8 Å². The second kappa shape index (κ2) is 13.5. The third-order valence-electron chi connectivity index (χ3n) is 9.10. The van der Waals surface area contributed by atoms with Crippen molar-refractivity contribution in [2.45, 2.75) is 37.8 Å². The monoisotopic (exact) mass is 668 g/mol.